The van der Waals surface area contributed by atoms with Gasteiger partial charge in [-0.3, -0.25) is 9.59 Å². The summed E-state index contributed by atoms with van der Waals surface area (Å²) < 4.78 is 5.61. The van der Waals surface area contributed by atoms with Gasteiger partial charge in [-0.05, 0) is 38.8 Å². The third-order valence-corrected chi connectivity index (χ3v) is 3.39. The Morgan fingerprint density at radius 3 is 2.90 bits per heavy atom. The lowest BCUT2D eigenvalue weighted by Gasteiger charge is -2.30. The molecule has 21 heavy (non-hydrogen) atoms. The van der Waals surface area contributed by atoms with Crippen LogP contribution < -0.4 is 4.74 Å². The molecule has 2 rings (SSSR count). The van der Waals surface area contributed by atoms with Gasteiger partial charge in [0.25, 0.3) is 5.91 Å². The predicted octanol–water partition coefficient (Wildman–Crippen LogP) is 1.81. The van der Waals surface area contributed by atoms with Crippen molar-refractivity contribution in [2.24, 2.45) is 5.92 Å². The number of hydrogen-bond donors (Lipinski definition) is 1. The highest BCUT2D eigenvalue weighted by atomic mass is 16.5. The molecule has 1 N–H and O–H groups in total. The van der Waals surface area contributed by atoms with Crippen LogP contribution in [0.5, 0.6) is 5.75 Å². The second-order valence-electron chi connectivity index (χ2n) is 5.45. The first kappa shape index (κ1) is 15.3. The van der Waals surface area contributed by atoms with Crippen molar-refractivity contribution in [1.29, 1.82) is 0 Å². The zero-order chi connectivity index (χ0) is 15.4. The topological polar surface area (TPSA) is 79.7 Å². The van der Waals surface area contributed by atoms with Crippen LogP contribution in [-0.4, -0.2) is 46.1 Å². The van der Waals surface area contributed by atoms with Crippen LogP contribution in [0.1, 0.15) is 37.2 Å². The van der Waals surface area contributed by atoms with Crippen LogP contribution in [0.2, 0.25) is 0 Å². The van der Waals surface area contributed by atoms with Gasteiger partial charge in [-0.1, -0.05) is 0 Å². The maximum absolute atomic E-state index is 12.6. The van der Waals surface area contributed by atoms with Crippen molar-refractivity contribution < 1.29 is 19.4 Å². The molecule has 1 aromatic heterocycles. The number of rotatable bonds is 4. The summed E-state index contributed by atoms with van der Waals surface area (Å²) in [4.78, 5) is 29.3. The molecular formula is C15H20N2O4. The summed E-state index contributed by atoms with van der Waals surface area (Å²) >= 11 is 0. The second kappa shape index (κ2) is 6.56. The maximum atomic E-state index is 12.6. The molecule has 0 saturated carbocycles. The van der Waals surface area contributed by atoms with Gasteiger partial charge in [0, 0.05) is 19.3 Å². The van der Waals surface area contributed by atoms with Gasteiger partial charge in [0.1, 0.15) is 0 Å². The lowest BCUT2D eigenvalue weighted by Crippen LogP contribution is -2.42. The van der Waals surface area contributed by atoms with Gasteiger partial charge in [-0.15, -0.1) is 0 Å². The van der Waals surface area contributed by atoms with Crippen LogP contribution in [0.3, 0.4) is 0 Å². The van der Waals surface area contributed by atoms with Crippen molar-refractivity contribution in [1.82, 2.24) is 9.88 Å². The monoisotopic (exact) mass is 292 g/mol. The first-order chi connectivity index (χ1) is 9.99. The first-order valence-electron chi connectivity index (χ1n) is 7.12. The molecule has 0 aliphatic carbocycles. The number of aliphatic carboxylic acids is 1. The Kier molecular flexibility index (Phi) is 4.77. The number of aromatic nitrogens is 1. The number of carbonyl (C=O) groups excluding carboxylic acids is 1. The van der Waals surface area contributed by atoms with Gasteiger partial charge in [0.05, 0.1) is 12.0 Å². The molecule has 1 amide bonds. The third-order valence-electron chi connectivity index (χ3n) is 3.39. The fourth-order valence-corrected chi connectivity index (χ4v) is 2.41. The van der Waals surface area contributed by atoms with E-state index >= 15 is 0 Å². The van der Waals surface area contributed by atoms with Gasteiger partial charge in [0.2, 0.25) is 0 Å². The van der Waals surface area contributed by atoms with Gasteiger partial charge >= 0.3 is 5.97 Å². The second-order valence-corrected chi connectivity index (χ2v) is 5.45. The van der Waals surface area contributed by atoms with Crippen LogP contribution in [-0.2, 0) is 4.79 Å². The highest BCUT2D eigenvalue weighted by Gasteiger charge is 2.30. The minimum absolute atomic E-state index is 0.0612. The minimum atomic E-state index is -0.854. The summed E-state index contributed by atoms with van der Waals surface area (Å²) in [6, 6.07) is 3.42. The molecule has 1 fully saturated rings. The van der Waals surface area contributed by atoms with Crippen molar-refractivity contribution in [2.45, 2.75) is 32.8 Å². The number of ether oxygens (including phenoxy) is 1. The Balaban J connectivity index is 2.18. The van der Waals surface area contributed by atoms with E-state index in [2.05, 4.69) is 4.98 Å². The normalized spacial score (nSPS) is 18.6. The first-order valence-corrected chi connectivity index (χ1v) is 7.12. The molecular weight excluding hydrogens is 272 g/mol. The summed E-state index contributed by atoms with van der Waals surface area (Å²) in [6.07, 6.45) is 2.78. The Labute approximate surface area is 123 Å². The number of likely N-dealkylation sites (tertiary alicyclic amines) is 1. The van der Waals surface area contributed by atoms with Crippen LogP contribution >= 0.6 is 0 Å². The van der Waals surface area contributed by atoms with Crippen molar-refractivity contribution >= 4 is 11.9 Å². The number of pyridine rings is 1. The maximum Gasteiger partial charge on any atom is 0.308 e. The molecule has 6 heteroatoms. The molecule has 6 nitrogen and oxygen atoms in total. The number of hydrogen-bond acceptors (Lipinski definition) is 4. The van der Waals surface area contributed by atoms with E-state index in [9.17, 15) is 9.59 Å². The Hall–Kier alpha value is -2.11. The summed E-state index contributed by atoms with van der Waals surface area (Å²) in [5.41, 5.74) is 0.247. The van der Waals surface area contributed by atoms with Crippen LogP contribution in [0.15, 0.2) is 18.3 Å². The molecule has 0 bridgehead atoms. The molecule has 1 unspecified atom stereocenters. The summed E-state index contributed by atoms with van der Waals surface area (Å²) in [6.45, 7) is 4.54. The van der Waals surface area contributed by atoms with Crippen LogP contribution in [0.4, 0.5) is 0 Å². The highest BCUT2D eigenvalue weighted by Crippen LogP contribution is 2.23. The van der Waals surface area contributed by atoms with E-state index < -0.39 is 11.9 Å². The van der Waals surface area contributed by atoms with Crippen molar-refractivity contribution in [3.05, 3.63) is 24.0 Å². The lowest BCUT2D eigenvalue weighted by molar-refractivity contribution is -0.143. The number of carboxylic acid groups (broad SMARTS) is 1. The zero-order valence-corrected chi connectivity index (χ0v) is 12.3. The summed E-state index contributed by atoms with van der Waals surface area (Å²) in [5, 5.41) is 9.10. The average molecular weight is 292 g/mol. The molecule has 0 spiro atoms. The van der Waals surface area contributed by atoms with E-state index in [1.165, 1.54) is 0 Å². The lowest BCUT2D eigenvalue weighted by atomic mass is 9.98. The molecule has 114 valence electrons. The predicted molar refractivity (Wildman–Crippen MR) is 76.3 cm³/mol. The average Bonchev–Trinajstić information content (AvgIpc) is 2.46. The number of carbonyl (C=O) groups is 2. The number of amides is 1. The van der Waals surface area contributed by atoms with Gasteiger partial charge in [0.15, 0.2) is 11.4 Å². The van der Waals surface area contributed by atoms with E-state index in [-0.39, 0.29) is 24.2 Å². The van der Waals surface area contributed by atoms with E-state index in [1.807, 2.05) is 13.8 Å². The van der Waals surface area contributed by atoms with Crippen LogP contribution in [0.25, 0.3) is 0 Å². The third kappa shape index (κ3) is 3.71. The Morgan fingerprint density at radius 2 is 2.24 bits per heavy atom. The zero-order valence-electron chi connectivity index (χ0n) is 12.3. The Morgan fingerprint density at radius 1 is 1.48 bits per heavy atom. The fourth-order valence-electron chi connectivity index (χ4n) is 2.41. The number of nitrogens with zero attached hydrogens (tertiary/aromatic N) is 2. The molecule has 1 aliphatic heterocycles. The fraction of sp³-hybridized carbons (Fsp3) is 0.533. The van der Waals surface area contributed by atoms with E-state index in [0.29, 0.717) is 25.1 Å². The molecule has 1 aromatic rings. The van der Waals surface area contributed by atoms with Gasteiger partial charge < -0.3 is 14.7 Å². The molecule has 1 atom stereocenters. The smallest absolute Gasteiger partial charge is 0.308 e. The SMILES string of the molecule is CC(C)Oc1cccnc1C(=O)N1CCCC(C(=O)O)C1. The van der Waals surface area contributed by atoms with Gasteiger partial charge in [-0.2, -0.15) is 0 Å². The summed E-state index contributed by atoms with van der Waals surface area (Å²) in [7, 11) is 0. The van der Waals surface area contributed by atoms with Crippen molar-refractivity contribution in [2.75, 3.05) is 13.1 Å². The molecule has 0 aromatic carbocycles. The molecule has 1 saturated heterocycles. The summed E-state index contributed by atoms with van der Waals surface area (Å²) in [5.74, 6) is -1.18. The van der Waals surface area contributed by atoms with Crippen molar-refractivity contribution in [3.8, 4) is 5.75 Å². The minimum Gasteiger partial charge on any atom is -0.489 e. The van der Waals surface area contributed by atoms with E-state index in [0.717, 1.165) is 0 Å². The standard InChI is InChI=1S/C15H20N2O4/c1-10(2)21-12-6-3-7-16-13(12)14(18)17-8-4-5-11(9-17)15(19)20/h3,6-7,10-11H,4-5,8-9H2,1-2H3,(H,19,20). The van der Waals surface area contributed by atoms with E-state index in [1.54, 1.807) is 23.2 Å². The number of piperidine rings is 1. The Bertz CT molecular complexity index is 530. The molecule has 2 heterocycles. The molecule has 0 radical (unpaired) electrons. The van der Waals surface area contributed by atoms with Gasteiger partial charge in [-0.25, -0.2) is 4.98 Å². The van der Waals surface area contributed by atoms with E-state index in [4.69, 9.17) is 9.84 Å². The van der Waals surface area contributed by atoms with Crippen molar-refractivity contribution in [3.63, 3.8) is 0 Å². The molecule has 1 aliphatic rings. The quantitative estimate of drug-likeness (QED) is 0.915. The number of carboxylic acids is 1. The van der Waals surface area contributed by atoms with Crippen LogP contribution in [0, 0.1) is 5.92 Å². The largest absolute Gasteiger partial charge is 0.489 e. The highest BCUT2D eigenvalue weighted by molar-refractivity contribution is 5.95.